The van der Waals surface area contributed by atoms with E-state index < -0.39 is 0 Å². The number of amides is 1. The second-order valence-corrected chi connectivity index (χ2v) is 6.95. The molecule has 4 nitrogen and oxygen atoms in total. The molecule has 0 aliphatic carbocycles. The predicted molar refractivity (Wildman–Crippen MR) is 103 cm³/mol. The summed E-state index contributed by atoms with van der Waals surface area (Å²) in [6.45, 7) is 4.61. The molecule has 2 rings (SSSR count). The molecular weight excluding hydrogens is 334 g/mol. The largest absolute Gasteiger partial charge is 0.493 e. The number of ether oxygens (including phenoxy) is 2. The van der Waals surface area contributed by atoms with Crippen LogP contribution in [-0.2, 0) is 11.3 Å². The Morgan fingerprint density at radius 1 is 1.04 bits per heavy atom. The summed E-state index contributed by atoms with van der Waals surface area (Å²) in [6, 6.07) is 12.0. The Morgan fingerprint density at radius 3 is 2.32 bits per heavy atom. The van der Waals surface area contributed by atoms with E-state index in [1.807, 2.05) is 44.3 Å². The van der Waals surface area contributed by atoms with Gasteiger partial charge >= 0.3 is 0 Å². The van der Waals surface area contributed by atoms with Crippen molar-refractivity contribution >= 4 is 17.7 Å². The van der Waals surface area contributed by atoms with Gasteiger partial charge in [-0.25, -0.2) is 0 Å². The van der Waals surface area contributed by atoms with Gasteiger partial charge in [-0.15, -0.1) is 11.8 Å². The monoisotopic (exact) mass is 359 g/mol. The van der Waals surface area contributed by atoms with Gasteiger partial charge in [0.2, 0.25) is 5.91 Å². The van der Waals surface area contributed by atoms with E-state index in [0.717, 1.165) is 16.0 Å². The molecule has 2 aromatic rings. The van der Waals surface area contributed by atoms with Crippen molar-refractivity contribution in [3.8, 4) is 11.5 Å². The van der Waals surface area contributed by atoms with Crippen LogP contribution in [0, 0.1) is 13.8 Å². The highest BCUT2D eigenvalue weighted by Crippen LogP contribution is 2.31. The molecule has 0 saturated heterocycles. The Balaban J connectivity index is 2.02. The fourth-order valence-electron chi connectivity index (χ4n) is 2.50. The normalized spacial score (nSPS) is 10.4. The summed E-state index contributed by atoms with van der Waals surface area (Å²) in [6.07, 6.45) is 0. The first kappa shape index (κ1) is 19.2. The number of methoxy groups -OCH3 is 2. The maximum absolute atomic E-state index is 12.5. The van der Waals surface area contributed by atoms with Crippen molar-refractivity contribution in [2.45, 2.75) is 25.3 Å². The number of carbonyl (C=O) groups excluding carboxylic acids is 1. The van der Waals surface area contributed by atoms with Crippen LogP contribution in [0.15, 0.2) is 41.3 Å². The third kappa shape index (κ3) is 4.92. The number of benzene rings is 2. The lowest BCUT2D eigenvalue weighted by molar-refractivity contribution is -0.127. The Hall–Kier alpha value is -2.14. The molecule has 0 spiro atoms. The van der Waals surface area contributed by atoms with E-state index in [2.05, 4.69) is 13.0 Å². The van der Waals surface area contributed by atoms with E-state index in [1.165, 1.54) is 5.56 Å². The van der Waals surface area contributed by atoms with E-state index >= 15 is 0 Å². The van der Waals surface area contributed by atoms with E-state index in [4.69, 9.17) is 9.47 Å². The van der Waals surface area contributed by atoms with Crippen LogP contribution in [0.2, 0.25) is 0 Å². The standard InChI is InChI=1S/C20H25NO3S/c1-14-8-6-7-9-19(14)25-13-20(22)21(3)12-16-11-18(24-5)17(23-4)10-15(16)2/h6-11H,12-13H2,1-5H3. The van der Waals surface area contributed by atoms with Crippen LogP contribution in [0.4, 0.5) is 0 Å². The van der Waals surface area contributed by atoms with E-state index in [0.29, 0.717) is 23.8 Å². The fraction of sp³-hybridized carbons (Fsp3) is 0.350. The van der Waals surface area contributed by atoms with Crippen LogP contribution in [0.25, 0.3) is 0 Å². The third-order valence-electron chi connectivity index (χ3n) is 4.12. The maximum Gasteiger partial charge on any atom is 0.232 e. The molecule has 0 heterocycles. The summed E-state index contributed by atoms with van der Waals surface area (Å²) >= 11 is 1.58. The molecule has 0 radical (unpaired) electrons. The number of rotatable bonds is 7. The smallest absolute Gasteiger partial charge is 0.232 e. The SMILES string of the molecule is COc1cc(C)c(CN(C)C(=O)CSc2ccccc2C)cc1OC. The molecule has 0 atom stereocenters. The Kier molecular flexibility index (Phi) is 6.76. The van der Waals surface area contributed by atoms with Crippen molar-refractivity contribution in [3.05, 3.63) is 53.1 Å². The first-order valence-electron chi connectivity index (χ1n) is 8.10. The Bertz CT molecular complexity index is 746. The van der Waals surface area contributed by atoms with Crippen molar-refractivity contribution in [1.29, 1.82) is 0 Å². The van der Waals surface area contributed by atoms with Crippen LogP contribution < -0.4 is 9.47 Å². The molecule has 0 aromatic heterocycles. The Labute approximate surface area is 154 Å². The van der Waals surface area contributed by atoms with Gasteiger partial charge < -0.3 is 14.4 Å². The first-order chi connectivity index (χ1) is 12.0. The van der Waals surface area contributed by atoms with E-state index in [1.54, 1.807) is 30.9 Å². The second-order valence-electron chi connectivity index (χ2n) is 5.94. The van der Waals surface area contributed by atoms with Crippen molar-refractivity contribution < 1.29 is 14.3 Å². The maximum atomic E-state index is 12.5. The number of aryl methyl sites for hydroxylation is 2. The third-order valence-corrected chi connectivity index (χ3v) is 5.28. The molecule has 0 unspecified atom stereocenters. The van der Waals surface area contributed by atoms with E-state index in [-0.39, 0.29) is 5.91 Å². The van der Waals surface area contributed by atoms with Crippen LogP contribution in [0.3, 0.4) is 0 Å². The van der Waals surface area contributed by atoms with Gasteiger partial charge in [0.05, 0.1) is 20.0 Å². The molecule has 5 heteroatoms. The average molecular weight is 359 g/mol. The van der Waals surface area contributed by atoms with Crippen LogP contribution in [0.5, 0.6) is 11.5 Å². The molecule has 134 valence electrons. The summed E-state index contributed by atoms with van der Waals surface area (Å²) in [5.74, 6) is 1.90. The van der Waals surface area contributed by atoms with E-state index in [9.17, 15) is 4.79 Å². The van der Waals surface area contributed by atoms with Gasteiger partial charge in [-0.3, -0.25) is 4.79 Å². The lowest BCUT2D eigenvalue weighted by Gasteiger charge is -2.20. The number of nitrogens with zero attached hydrogens (tertiary/aromatic N) is 1. The molecular formula is C20H25NO3S. The fourth-order valence-corrected chi connectivity index (χ4v) is 3.47. The minimum Gasteiger partial charge on any atom is -0.493 e. The van der Waals surface area contributed by atoms with Gasteiger partial charge in [0.1, 0.15) is 0 Å². The zero-order valence-electron chi connectivity index (χ0n) is 15.5. The quantitative estimate of drug-likeness (QED) is 0.699. The van der Waals surface area contributed by atoms with Gasteiger partial charge in [-0.2, -0.15) is 0 Å². The second kappa shape index (κ2) is 8.81. The minimum absolute atomic E-state index is 0.0995. The summed E-state index contributed by atoms with van der Waals surface area (Å²) < 4.78 is 10.7. The topological polar surface area (TPSA) is 38.8 Å². The molecule has 0 N–H and O–H groups in total. The van der Waals surface area contributed by atoms with Crippen molar-refractivity contribution in [2.24, 2.45) is 0 Å². The van der Waals surface area contributed by atoms with Crippen LogP contribution in [-0.4, -0.2) is 37.8 Å². The molecule has 1 amide bonds. The van der Waals surface area contributed by atoms with Crippen LogP contribution in [0.1, 0.15) is 16.7 Å². The van der Waals surface area contributed by atoms with Crippen molar-refractivity contribution in [3.63, 3.8) is 0 Å². The number of thioether (sulfide) groups is 1. The number of hydrogen-bond donors (Lipinski definition) is 0. The minimum atomic E-state index is 0.0995. The predicted octanol–water partition coefficient (Wildman–Crippen LogP) is 4.07. The highest BCUT2D eigenvalue weighted by molar-refractivity contribution is 8.00. The first-order valence-corrected chi connectivity index (χ1v) is 9.08. The Morgan fingerprint density at radius 2 is 1.68 bits per heavy atom. The lowest BCUT2D eigenvalue weighted by Crippen LogP contribution is -2.28. The average Bonchev–Trinajstić information content (AvgIpc) is 2.61. The molecule has 0 aliphatic heterocycles. The summed E-state index contributed by atoms with van der Waals surface area (Å²) in [7, 11) is 5.07. The number of carbonyl (C=O) groups is 1. The zero-order chi connectivity index (χ0) is 18.4. The van der Waals surface area contributed by atoms with Crippen molar-refractivity contribution in [1.82, 2.24) is 4.90 Å². The molecule has 0 saturated carbocycles. The molecule has 0 aliphatic rings. The summed E-state index contributed by atoms with van der Waals surface area (Å²) in [5.41, 5.74) is 3.32. The highest BCUT2D eigenvalue weighted by Gasteiger charge is 2.14. The zero-order valence-corrected chi connectivity index (χ0v) is 16.3. The molecule has 2 aromatic carbocycles. The highest BCUT2D eigenvalue weighted by atomic mass is 32.2. The van der Waals surface area contributed by atoms with Gasteiger partial charge in [0.25, 0.3) is 0 Å². The molecule has 25 heavy (non-hydrogen) atoms. The summed E-state index contributed by atoms with van der Waals surface area (Å²) in [4.78, 5) is 15.4. The molecule has 0 bridgehead atoms. The van der Waals surface area contributed by atoms with Crippen LogP contribution >= 0.6 is 11.8 Å². The van der Waals surface area contributed by atoms with Crippen molar-refractivity contribution in [2.75, 3.05) is 27.0 Å². The summed E-state index contributed by atoms with van der Waals surface area (Å²) in [5, 5.41) is 0. The van der Waals surface area contributed by atoms with Gasteiger partial charge in [0.15, 0.2) is 11.5 Å². The lowest BCUT2D eigenvalue weighted by atomic mass is 10.1. The number of hydrogen-bond acceptors (Lipinski definition) is 4. The molecule has 0 fully saturated rings. The van der Waals surface area contributed by atoms with Gasteiger partial charge in [-0.1, -0.05) is 18.2 Å². The van der Waals surface area contributed by atoms with Gasteiger partial charge in [0, 0.05) is 18.5 Å². The van der Waals surface area contributed by atoms with Gasteiger partial charge in [-0.05, 0) is 48.7 Å².